The third-order valence-corrected chi connectivity index (χ3v) is 5.64. The van der Waals surface area contributed by atoms with Crippen LogP contribution in [0.1, 0.15) is 18.1 Å². The fourth-order valence-corrected chi connectivity index (χ4v) is 4.00. The lowest BCUT2D eigenvalue weighted by Gasteiger charge is -2.26. The first kappa shape index (κ1) is 22.9. The summed E-state index contributed by atoms with van der Waals surface area (Å²) in [5, 5.41) is 2.96. The Labute approximate surface area is 172 Å². The van der Waals surface area contributed by atoms with Crippen LogP contribution in [0.5, 0.6) is 0 Å². The van der Waals surface area contributed by atoms with E-state index in [-0.39, 0.29) is 29.7 Å². The number of aliphatic imine (C=N–C) groups is 1. The molecule has 1 fully saturated rings. The molecule has 1 saturated heterocycles. The third kappa shape index (κ3) is 7.22. The molecule has 0 amide bonds. The van der Waals surface area contributed by atoms with E-state index < -0.39 is 10.0 Å². The van der Waals surface area contributed by atoms with E-state index in [4.69, 9.17) is 10.5 Å². The second kappa shape index (κ2) is 10.9. The number of benzene rings is 1. The van der Waals surface area contributed by atoms with Crippen molar-refractivity contribution in [3.05, 3.63) is 47.5 Å². The molecule has 0 aromatic heterocycles. The number of hydrogen-bond acceptors (Lipinski definition) is 4. The quantitative estimate of drug-likeness (QED) is 0.259. The summed E-state index contributed by atoms with van der Waals surface area (Å²) in [5.41, 5.74) is 8.36. The summed E-state index contributed by atoms with van der Waals surface area (Å²) in [6.07, 6.45) is 0. The van der Waals surface area contributed by atoms with Gasteiger partial charge in [0.2, 0.25) is 10.0 Å². The molecule has 1 aliphatic heterocycles. The van der Waals surface area contributed by atoms with E-state index in [0.29, 0.717) is 45.4 Å². The molecule has 1 aromatic carbocycles. The summed E-state index contributed by atoms with van der Waals surface area (Å²) >= 11 is 0. The van der Waals surface area contributed by atoms with Crippen molar-refractivity contribution in [1.29, 1.82) is 0 Å². The van der Waals surface area contributed by atoms with Crippen LogP contribution in [0.4, 0.5) is 0 Å². The van der Waals surface area contributed by atoms with Gasteiger partial charge < -0.3 is 15.8 Å². The Kier molecular flexibility index (Phi) is 9.55. The van der Waals surface area contributed by atoms with Gasteiger partial charge in [0.1, 0.15) is 0 Å². The van der Waals surface area contributed by atoms with Crippen LogP contribution in [0.15, 0.2) is 41.4 Å². The Morgan fingerprint density at radius 1 is 1.31 bits per heavy atom. The summed E-state index contributed by atoms with van der Waals surface area (Å²) in [6.45, 7) is 8.25. The van der Waals surface area contributed by atoms with Gasteiger partial charge in [0, 0.05) is 19.6 Å². The van der Waals surface area contributed by atoms with Crippen molar-refractivity contribution in [1.82, 2.24) is 9.62 Å². The molecule has 146 valence electrons. The molecule has 0 saturated carbocycles. The molecule has 3 N–H and O–H groups in total. The van der Waals surface area contributed by atoms with Gasteiger partial charge in [-0.05, 0) is 18.1 Å². The minimum atomic E-state index is -3.37. The van der Waals surface area contributed by atoms with Crippen molar-refractivity contribution < 1.29 is 13.2 Å². The number of sulfonamides is 1. The Balaban J connectivity index is 0.00000338. The minimum absolute atomic E-state index is 0. The second-order valence-electron chi connectivity index (χ2n) is 6.05. The lowest BCUT2D eigenvalue weighted by atomic mass is 10.1. The zero-order chi connectivity index (χ0) is 18.3. The molecule has 0 aliphatic carbocycles. The standard InChI is InChI=1S/C17H26N4O3S.HI/c1-14(2)11-19-17(18)20-12-15-5-3-4-6-16(15)13-25(22,23)21-7-9-24-10-8-21;/h3-6H,1,7-13H2,2H3,(H3,18,19,20);1H. The average Bonchev–Trinajstić information content (AvgIpc) is 2.59. The predicted octanol–water partition coefficient (Wildman–Crippen LogP) is 1.45. The van der Waals surface area contributed by atoms with E-state index >= 15 is 0 Å². The number of nitrogens with two attached hydrogens (primary N) is 1. The van der Waals surface area contributed by atoms with Crippen LogP contribution >= 0.6 is 24.0 Å². The highest BCUT2D eigenvalue weighted by molar-refractivity contribution is 14.0. The topological polar surface area (TPSA) is 97.0 Å². The van der Waals surface area contributed by atoms with Gasteiger partial charge in [-0.1, -0.05) is 36.4 Å². The normalized spacial score (nSPS) is 16.0. The molecule has 0 radical (unpaired) electrons. The molecule has 0 bridgehead atoms. The molecule has 0 spiro atoms. The summed E-state index contributed by atoms with van der Waals surface area (Å²) in [7, 11) is -3.37. The maximum absolute atomic E-state index is 12.6. The average molecular weight is 494 g/mol. The minimum Gasteiger partial charge on any atom is -0.379 e. The van der Waals surface area contributed by atoms with Crippen molar-refractivity contribution in [3.63, 3.8) is 0 Å². The molecular weight excluding hydrogens is 467 g/mol. The van der Waals surface area contributed by atoms with Gasteiger partial charge in [-0.15, -0.1) is 24.0 Å². The molecule has 1 aliphatic rings. The van der Waals surface area contributed by atoms with E-state index in [1.165, 1.54) is 4.31 Å². The van der Waals surface area contributed by atoms with Crippen molar-refractivity contribution in [2.45, 2.75) is 19.2 Å². The number of ether oxygens (including phenoxy) is 1. The number of guanidine groups is 1. The molecule has 26 heavy (non-hydrogen) atoms. The van der Waals surface area contributed by atoms with Gasteiger partial charge in [-0.25, -0.2) is 13.4 Å². The Morgan fingerprint density at radius 2 is 1.92 bits per heavy atom. The molecule has 7 nitrogen and oxygen atoms in total. The molecular formula is C17H27IN4O3S. The summed E-state index contributed by atoms with van der Waals surface area (Å²) in [5.74, 6) is 0.270. The van der Waals surface area contributed by atoms with Crippen LogP contribution in [0, 0.1) is 0 Å². The van der Waals surface area contributed by atoms with Crippen molar-refractivity contribution >= 4 is 40.0 Å². The second-order valence-corrected chi connectivity index (χ2v) is 8.02. The maximum atomic E-state index is 12.6. The summed E-state index contributed by atoms with van der Waals surface area (Å²) in [4.78, 5) is 4.28. The van der Waals surface area contributed by atoms with Crippen molar-refractivity contribution in [2.24, 2.45) is 10.7 Å². The first-order valence-electron chi connectivity index (χ1n) is 8.19. The fourth-order valence-electron chi connectivity index (χ4n) is 2.43. The van der Waals surface area contributed by atoms with E-state index in [1.54, 1.807) is 0 Å². The van der Waals surface area contributed by atoms with Crippen LogP contribution < -0.4 is 11.1 Å². The molecule has 0 unspecified atom stereocenters. The monoisotopic (exact) mass is 494 g/mol. The first-order valence-corrected chi connectivity index (χ1v) is 9.80. The van der Waals surface area contributed by atoms with E-state index in [9.17, 15) is 8.42 Å². The number of hydrogen-bond donors (Lipinski definition) is 2. The van der Waals surface area contributed by atoms with Gasteiger partial charge in [0.15, 0.2) is 5.96 Å². The largest absolute Gasteiger partial charge is 0.379 e. The molecule has 9 heteroatoms. The Bertz CT molecular complexity index is 731. The summed E-state index contributed by atoms with van der Waals surface area (Å²) in [6, 6.07) is 7.40. The summed E-state index contributed by atoms with van der Waals surface area (Å²) < 4.78 is 31.9. The number of nitrogens with zero attached hydrogens (tertiary/aromatic N) is 2. The zero-order valence-electron chi connectivity index (χ0n) is 15.0. The molecule has 1 heterocycles. The third-order valence-electron chi connectivity index (χ3n) is 3.81. The van der Waals surface area contributed by atoms with Crippen molar-refractivity contribution in [3.8, 4) is 0 Å². The van der Waals surface area contributed by atoms with E-state index in [0.717, 1.165) is 16.7 Å². The number of nitrogens with one attached hydrogen (secondary N) is 1. The predicted molar refractivity (Wildman–Crippen MR) is 115 cm³/mol. The van der Waals surface area contributed by atoms with Gasteiger partial charge in [0.25, 0.3) is 0 Å². The van der Waals surface area contributed by atoms with Crippen LogP contribution in [-0.4, -0.2) is 51.5 Å². The zero-order valence-corrected chi connectivity index (χ0v) is 18.1. The molecule has 0 atom stereocenters. The smallest absolute Gasteiger partial charge is 0.218 e. The van der Waals surface area contributed by atoms with Crippen molar-refractivity contribution in [2.75, 3.05) is 32.8 Å². The lowest BCUT2D eigenvalue weighted by molar-refractivity contribution is 0.0729. The first-order chi connectivity index (χ1) is 11.9. The van der Waals surface area contributed by atoms with Gasteiger partial charge >= 0.3 is 0 Å². The number of halogens is 1. The van der Waals surface area contributed by atoms with Gasteiger partial charge in [-0.2, -0.15) is 4.31 Å². The number of morpholine rings is 1. The van der Waals surface area contributed by atoms with Gasteiger partial charge in [0.05, 0.1) is 25.5 Å². The van der Waals surface area contributed by atoms with E-state index in [2.05, 4.69) is 16.9 Å². The van der Waals surface area contributed by atoms with E-state index in [1.807, 2.05) is 31.2 Å². The van der Waals surface area contributed by atoms with Crippen LogP contribution in [0.25, 0.3) is 0 Å². The highest BCUT2D eigenvalue weighted by Gasteiger charge is 2.25. The van der Waals surface area contributed by atoms with Crippen LogP contribution in [0.3, 0.4) is 0 Å². The lowest BCUT2D eigenvalue weighted by Crippen LogP contribution is -2.41. The molecule has 1 aromatic rings. The SMILES string of the molecule is C=C(C)CNC(N)=NCc1ccccc1CS(=O)(=O)N1CCOCC1.I. The Morgan fingerprint density at radius 3 is 2.54 bits per heavy atom. The Hall–Kier alpha value is -1.17. The number of rotatable bonds is 7. The van der Waals surface area contributed by atoms with Gasteiger partial charge in [-0.3, -0.25) is 0 Å². The highest BCUT2D eigenvalue weighted by atomic mass is 127. The molecule has 2 rings (SSSR count). The van der Waals surface area contributed by atoms with Crippen LogP contribution in [0.2, 0.25) is 0 Å². The maximum Gasteiger partial charge on any atom is 0.218 e. The highest BCUT2D eigenvalue weighted by Crippen LogP contribution is 2.17. The van der Waals surface area contributed by atoms with Crippen LogP contribution in [-0.2, 0) is 27.1 Å². The fraction of sp³-hybridized carbons (Fsp3) is 0.471.